The predicted octanol–water partition coefficient (Wildman–Crippen LogP) is 8.28. The fraction of sp³-hybridized carbons (Fsp3) is 0.879. The van der Waals surface area contributed by atoms with Crippen LogP contribution in [0.5, 0.6) is 0 Å². The van der Waals surface area contributed by atoms with Gasteiger partial charge in [-0.3, -0.25) is 9.59 Å². The minimum absolute atomic E-state index is 0.00194. The molecule has 4 rings (SSSR count). The van der Waals surface area contributed by atoms with Crippen molar-refractivity contribution in [2.75, 3.05) is 7.11 Å². The molecule has 3 fully saturated rings. The Morgan fingerprint density at radius 1 is 0.946 bits per heavy atom. The van der Waals surface area contributed by atoms with Crippen LogP contribution in [0, 0.1) is 46.3 Å². The Balaban J connectivity index is 1.36. The van der Waals surface area contributed by atoms with E-state index in [9.17, 15) is 9.59 Å². The number of rotatable bonds is 10. The summed E-state index contributed by atoms with van der Waals surface area (Å²) in [4.78, 5) is 23.7. The van der Waals surface area contributed by atoms with Crippen LogP contribution >= 0.6 is 0 Å². The SMILES string of the molecule is COC(=O)CCCC(=O)O[C@H]1CC[C@@]2(C)C(=CCC3C2CC[C@@]2(C)C3CC[C@@H]2[C@H](C)CCCC(C)C)C1. The third-order valence-electron chi connectivity index (χ3n) is 11.5. The molecule has 4 nitrogen and oxygen atoms in total. The average Bonchev–Trinajstić information content (AvgIpc) is 3.21. The average molecular weight is 515 g/mol. The molecule has 0 spiro atoms. The molecule has 3 unspecified atom stereocenters. The molecule has 0 amide bonds. The molecule has 4 aliphatic rings. The number of methoxy groups -OCH3 is 1. The number of ether oxygens (including phenoxy) is 2. The number of carbonyl (C=O) groups excluding carboxylic acids is 2. The molecular formula is C33H54O4. The van der Waals surface area contributed by atoms with Crippen LogP contribution in [-0.2, 0) is 19.1 Å². The van der Waals surface area contributed by atoms with Crippen LogP contribution in [0.3, 0.4) is 0 Å². The zero-order valence-electron chi connectivity index (χ0n) is 24.7. The van der Waals surface area contributed by atoms with Crippen molar-refractivity contribution in [2.45, 2.75) is 131 Å². The number of carbonyl (C=O) groups is 2. The molecule has 0 aliphatic heterocycles. The molecule has 0 aromatic rings. The summed E-state index contributed by atoms with van der Waals surface area (Å²) < 4.78 is 10.5. The lowest BCUT2D eigenvalue weighted by Gasteiger charge is -2.58. The van der Waals surface area contributed by atoms with E-state index in [0.717, 1.165) is 54.8 Å². The fourth-order valence-corrected chi connectivity index (χ4v) is 9.48. The van der Waals surface area contributed by atoms with Gasteiger partial charge in [0.2, 0.25) is 0 Å². The Labute approximate surface area is 226 Å². The molecule has 0 N–H and O–H groups in total. The number of hydrogen-bond acceptors (Lipinski definition) is 4. The van der Waals surface area contributed by atoms with Crippen molar-refractivity contribution in [3.05, 3.63) is 11.6 Å². The number of esters is 2. The van der Waals surface area contributed by atoms with Gasteiger partial charge in [0.15, 0.2) is 0 Å². The molecule has 210 valence electrons. The van der Waals surface area contributed by atoms with Crippen LogP contribution in [0.1, 0.15) is 125 Å². The third-order valence-corrected chi connectivity index (χ3v) is 11.5. The summed E-state index contributed by atoms with van der Waals surface area (Å²) in [5.41, 5.74) is 2.36. The van der Waals surface area contributed by atoms with Gasteiger partial charge >= 0.3 is 11.9 Å². The zero-order chi connectivity index (χ0) is 26.8. The maximum atomic E-state index is 12.4. The first-order valence-corrected chi connectivity index (χ1v) is 15.5. The molecule has 4 aliphatic carbocycles. The van der Waals surface area contributed by atoms with Gasteiger partial charge in [-0.1, -0.05) is 65.5 Å². The van der Waals surface area contributed by atoms with Gasteiger partial charge in [0.25, 0.3) is 0 Å². The van der Waals surface area contributed by atoms with Gasteiger partial charge in [0.05, 0.1) is 7.11 Å². The zero-order valence-corrected chi connectivity index (χ0v) is 24.7. The number of fused-ring (bicyclic) bond motifs is 5. The second kappa shape index (κ2) is 11.8. The first-order chi connectivity index (χ1) is 17.6. The molecule has 3 saturated carbocycles. The summed E-state index contributed by atoms with van der Waals surface area (Å²) in [5, 5.41) is 0. The topological polar surface area (TPSA) is 52.6 Å². The predicted molar refractivity (Wildman–Crippen MR) is 149 cm³/mol. The summed E-state index contributed by atoms with van der Waals surface area (Å²) in [5.74, 6) is 4.65. The highest BCUT2D eigenvalue weighted by molar-refractivity contribution is 5.72. The molecule has 4 heteroatoms. The molecule has 8 atom stereocenters. The smallest absolute Gasteiger partial charge is 0.306 e. The number of allylic oxidation sites excluding steroid dienone is 1. The summed E-state index contributed by atoms with van der Waals surface area (Å²) in [6, 6.07) is 0. The molecule has 0 radical (unpaired) electrons. The highest BCUT2D eigenvalue weighted by Crippen LogP contribution is 2.67. The van der Waals surface area contributed by atoms with Crippen LogP contribution < -0.4 is 0 Å². The van der Waals surface area contributed by atoms with E-state index in [1.54, 1.807) is 5.57 Å². The van der Waals surface area contributed by atoms with E-state index in [-0.39, 0.29) is 29.9 Å². The van der Waals surface area contributed by atoms with Crippen LogP contribution in [0.4, 0.5) is 0 Å². The Hall–Kier alpha value is -1.32. The highest BCUT2D eigenvalue weighted by atomic mass is 16.5. The van der Waals surface area contributed by atoms with Gasteiger partial charge in [0.1, 0.15) is 6.10 Å². The summed E-state index contributed by atoms with van der Waals surface area (Å²) in [6.07, 6.45) is 17.7. The molecule has 0 aromatic heterocycles. The largest absolute Gasteiger partial charge is 0.469 e. The minimum Gasteiger partial charge on any atom is -0.469 e. The quantitative estimate of drug-likeness (QED) is 0.217. The van der Waals surface area contributed by atoms with Crippen molar-refractivity contribution < 1.29 is 19.1 Å². The van der Waals surface area contributed by atoms with E-state index in [1.807, 2.05) is 0 Å². The third kappa shape index (κ3) is 5.98. The first kappa shape index (κ1) is 28.7. The van der Waals surface area contributed by atoms with Crippen LogP contribution in [0.15, 0.2) is 11.6 Å². The van der Waals surface area contributed by atoms with E-state index < -0.39 is 0 Å². The Morgan fingerprint density at radius 2 is 1.70 bits per heavy atom. The molecular weight excluding hydrogens is 460 g/mol. The lowest BCUT2D eigenvalue weighted by molar-refractivity contribution is -0.151. The Bertz CT molecular complexity index is 845. The highest BCUT2D eigenvalue weighted by Gasteiger charge is 2.59. The molecule has 0 heterocycles. The van der Waals surface area contributed by atoms with Gasteiger partial charge in [-0.15, -0.1) is 0 Å². The molecule has 0 saturated heterocycles. The standard InChI is InChI=1S/C33H54O4/c1-22(2)9-7-10-23(3)27-15-16-28-26-14-13-24-21-25(37-31(35)12-8-11-30(34)36-6)17-19-32(24,4)29(26)18-20-33(27,28)5/h13,22-23,25-29H,7-12,14-21H2,1-6H3/t23-,25+,26?,27-,28?,29?,32+,33-/m1/s1. The molecule has 0 aromatic carbocycles. The fourth-order valence-electron chi connectivity index (χ4n) is 9.48. The summed E-state index contributed by atoms with van der Waals surface area (Å²) in [6.45, 7) is 12.5. The van der Waals surface area contributed by atoms with E-state index in [1.165, 1.54) is 58.5 Å². The monoisotopic (exact) mass is 514 g/mol. The van der Waals surface area contributed by atoms with Crippen molar-refractivity contribution in [1.82, 2.24) is 0 Å². The van der Waals surface area contributed by atoms with Crippen molar-refractivity contribution in [2.24, 2.45) is 46.3 Å². The van der Waals surface area contributed by atoms with Gasteiger partial charge in [-0.05, 0) is 97.7 Å². The number of hydrogen-bond donors (Lipinski definition) is 0. The minimum atomic E-state index is -0.263. The maximum Gasteiger partial charge on any atom is 0.306 e. The Kier molecular flexibility index (Phi) is 9.17. The van der Waals surface area contributed by atoms with E-state index in [0.29, 0.717) is 18.3 Å². The molecule has 37 heavy (non-hydrogen) atoms. The van der Waals surface area contributed by atoms with Crippen molar-refractivity contribution in [3.63, 3.8) is 0 Å². The summed E-state index contributed by atoms with van der Waals surface area (Å²) in [7, 11) is 1.38. The summed E-state index contributed by atoms with van der Waals surface area (Å²) >= 11 is 0. The van der Waals surface area contributed by atoms with Crippen LogP contribution in [-0.4, -0.2) is 25.2 Å². The van der Waals surface area contributed by atoms with Crippen LogP contribution in [0.25, 0.3) is 0 Å². The van der Waals surface area contributed by atoms with Gasteiger partial charge in [-0.2, -0.15) is 0 Å². The lowest BCUT2D eigenvalue weighted by Crippen LogP contribution is -2.51. The molecule has 0 bridgehead atoms. The van der Waals surface area contributed by atoms with Gasteiger partial charge in [0, 0.05) is 19.3 Å². The van der Waals surface area contributed by atoms with E-state index in [2.05, 4.69) is 45.4 Å². The van der Waals surface area contributed by atoms with Crippen LogP contribution in [0.2, 0.25) is 0 Å². The van der Waals surface area contributed by atoms with Crippen molar-refractivity contribution >= 4 is 11.9 Å². The first-order valence-electron chi connectivity index (χ1n) is 15.5. The van der Waals surface area contributed by atoms with Gasteiger partial charge in [-0.25, -0.2) is 0 Å². The Morgan fingerprint density at radius 3 is 2.43 bits per heavy atom. The second-order valence-corrected chi connectivity index (χ2v) is 14.1. The van der Waals surface area contributed by atoms with Crippen molar-refractivity contribution in [1.29, 1.82) is 0 Å². The van der Waals surface area contributed by atoms with Crippen molar-refractivity contribution in [3.8, 4) is 0 Å². The lowest BCUT2D eigenvalue weighted by atomic mass is 9.47. The van der Waals surface area contributed by atoms with Gasteiger partial charge < -0.3 is 9.47 Å². The van der Waals surface area contributed by atoms with E-state index in [4.69, 9.17) is 4.74 Å². The second-order valence-electron chi connectivity index (χ2n) is 14.1. The van der Waals surface area contributed by atoms with E-state index >= 15 is 0 Å². The normalized spacial score (nSPS) is 37.7. The maximum absolute atomic E-state index is 12.4.